The number of β-amino-alcohol motifs (C(OH)–C–C–N with tert-alkyl or cyclic N) is 1. The summed E-state index contributed by atoms with van der Waals surface area (Å²) >= 11 is 0. The number of aliphatic hydroxyl groups is 1. The zero-order valence-corrected chi connectivity index (χ0v) is 10.00. The van der Waals surface area contributed by atoms with Crippen LogP contribution in [0.1, 0.15) is 33.1 Å². The van der Waals surface area contributed by atoms with Crippen LogP contribution in [0.15, 0.2) is 0 Å². The highest BCUT2D eigenvalue weighted by atomic mass is 16.3. The summed E-state index contributed by atoms with van der Waals surface area (Å²) in [6.45, 7) is 8.57. The maximum atomic E-state index is 10.5. The molecule has 2 rings (SSSR count). The van der Waals surface area contributed by atoms with E-state index in [-0.39, 0.29) is 0 Å². The van der Waals surface area contributed by atoms with Gasteiger partial charge >= 0.3 is 0 Å². The third-order valence-electron chi connectivity index (χ3n) is 3.94. The first-order valence-corrected chi connectivity index (χ1v) is 6.26. The van der Waals surface area contributed by atoms with Crippen LogP contribution in [0.2, 0.25) is 0 Å². The molecular weight excluding hydrogens is 188 g/mol. The maximum absolute atomic E-state index is 10.5. The Morgan fingerprint density at radius 2 is 2.00 bits per heavy atom. The average molecular weight is 212 g/mol. The Bertz CT molecular complexity index is 214. The fraction of sp³-hybridized carbons (Fsp3) is 1.00. The monoisotopic (exact) mass is 212 g/mol. The normalized spacial score (nSPS) is 37.0. The van der Waals surface area contributed by atoms with Gasteiger partial charge in [0.25, 0.3) is 0 Å². The van der Waals surface area contributed by atoms with E-state index in [0.29, 0.717) is 6.04 Å². The number of hydrogen-bond donors (Lipinski definition) is 2. The lowest BCUT2D eigenvalue weighted by Gasteiger charge is -2.37. The van der Waals surface area contributed by atoms with Crippen molar-refractivity contribution in [2.45, 2.75) is 44.8 Å². The first kappa shape index (κ1) is 11.4. The van der Waals surface area contributed by atoms with Crippen LogP contribution in [0, 0.1) is 5.92 Å². The van der Waals surface area contributed by atoms with Gasteiger partial charge in [-0.1, -0.05) is 6.92 Å². The molecule has 0 bridgehead atoms. The molecule has 2 saturated heterocycles. The Balaban J connectivity index is 1.89. The standard InChI is InChI=1S/C12H24N2O/c1-10-7-11(2)14(8-10)9-12(15)3-5-13-6-4-12/h10-11,13,15H,3-9H2,1-2H3. The largest absolute Gasteiger partial charge is 0.388 e. The summed E-state index contributed by atoms with van der Waals surface area (Å²) < 4.78 is 0. The SMILES string of the molecule is CC1CC(C)N(CC2(O)CCNCC2)C1. The van der Waals surface area contributed by atoms with Crippen molar-refractivity contribution in [1.82, 2.24) is 10.2 Å². The van der Waals surface area contributed by atoms with E-state index in [4.69, 9.17) is 0 Å². The molecule has 0 saturated carbocycles. The lowest BCUT2D eigenvalue weighted by Crippen LogP contribution is -2.50. The molecule has 88 valence electrons. The zero-order chi connectivity index (χ0) is 10.9. The summed E-state index contributed by atoms with van der Waals surface area (Å²) in [5.74, 6) is 0.797. The van der Waals surface area contributed by atoms with Gasteiger partial charge in [-0.05, 0) is 45.2 Å². The van der Waals surface area contributed by atoms with E-state index in [1.807, 2.05) is 0 Å². The number of nitrogens with zero attached hydrogens (tertiary/aromatic N) is 1. The van der Waals surface area contributed by atoms with Crippen molar-refractivity contribution in [2.24, 2.45) is 5.92 Å². The lowest BCUT2D eigenvalue weighted by atomic mass is 9.92. The van der Waals surface area contributed by atoms with Gasteiger partial charge in [0, 0.05) is 19.1 Å². The molecule has 2 heterocycles. The first-order valence-electron chi connectivity index (χ1n) is 6.26. The van der Waals surface area contributed by atoms with Crippen molar-refractivity contribution < 1.29 is 5.11 Å². The fourth-order valence-electron chi connectivity index (χ4n) is 3.03. The third-order valence-corrected chi connectivity index (χ3v) is 3.94. The predicted molar refractivity (Wildman–Crippen MR) is 61.9 cm³/mol. The van der Waals surface area contributed by atoms with Crippen LogP contribution in [0.5, 0.6) is 0 Å². The number of hydrogen-bond acceptors (Lipinski definition) is 3. The quantitative estimate of drug-likeness (QED) is 0.712. The molecule has 0 aromatic rings. The highest BCUT2D eigenvalue weighted by Gasteiger charge is 2.35. The van der Waals surface area contributed by atoms with Crippen LogP contribution in [0.3, 0.4) is 0 Å². The van der Waals surface area contributed by atoms with Gasteiger partial charge in [-0.15, -0.1) is 0 Å². The predicted octanol–water partition coefficient (Wildman–Crippen LogP) is 0.831. The van der Waals surface area contributed by atoms with Gasteiger partial charge < -0.3 is 10.4 Å². The minimum atomic E-state index is -0.427. The van der Waals surface area contributed by atoms with Crippen molar-refractivity contribution in [1.29, 1.82) is 0 Å². The topological polar surface area (TPSA) is 35.5 Å². The second-order valence-electron chi connectivity index (χ2n) is 5.59. The summed E-state index contributed by atoms with van der Waals surface area (Å²) in [4.78, 5) is 2.47. The van der Waals surface area contributed by atoms with E-state index >= 15 is 0 Å². The number of rotatable bonds is 2. The van der Waals surface area contributed by atoms with Gasteiger partial charge in [0.2, 0.25) is 0 Å². The second-order valence-corrected chi connectivity index (χ2v) is 5.59. The van der Waals surface area contributed by atoms with Crippen LogP contribution in [-0.4, -0.2) is 47.8 Å². The highest BCUT2D eigenvalue weighted by molar-refractivity contribution is 4.91. The molecule has 15 heavy (non-hydrogen) atoms. The zero-order valence-electron chi connectivity index (χ0n) is 10.00. The van der Waals surface area contributed by atoms with Gasteiger partial charge in [0.1, 0.15) is 0 Å². The first-order chi connectivity index (χ1) is 7.09. The molecule has 0 aliphatic carbocycles. The van der Waals surface area contributed by atoms with E-state index in [2.05, 4.69) is 24.1 Å². The van der Waals surface area contributed by atoms with Crippen molar-refractivity contribution in [3.8, 4) is 0 Å². The molecule has 3 nitrogen and oxygen atoms in total. The average Bonchev–Trinajstić information content (AvgIpc) is 2.45. The number of piperidine rings is 1. The van der Waals surface area contributed by atoms with Gasteiger partial charge in [-0.3, -0.25) is 4.90 Å². The molecule has 2 aliphatic heterocycles. The van der Waals surface area contributed by atoms with Crippen molar-refractivity contribution in [3.05, 3.63) is 0 Å². The molecule has 0 spiro atoms. The van der Waals surface area contributed by atoms with Crippen molar-refractivity contribution >= 4 is 0 Å². The third kappa shape index (κ3) is 2.71. The number of likely N-dealkylation sites (tertiary alicyclic amines) is 1. The molecular formula is C12H24N2O. The fourth-order valence-corrected chi connectivity index (χ4v) is 3.03. The Morgan fingerprint density at radius 1 is 1.33 bits per heavy atom. The van der Waals surface area contributed by atoms with Crippen LogP contribution >= 0.6 is 0 Å². The Hall–Kier alpha value is -0.120. The van der Waals surface area contributed by atoms with Crippen molar-refractivity contribution in [2.75, 3.05) is 26.2 Å². The van der Waals surface area contributed by atoms with E-state index in [1.165, 1.54) is 6.42 Å². The molecule has 2 aliphatic rings. The molecule has 0 aromatic carbocycles. The molecule has 3 heteroatoms. The summed E-state index contributed by atoms with van der Waals surface area (Å²) in [6.07, 6.45) is 3.10. The van der Waals surface area contributed by atoms with Crippen molar-refractivity contribution in [3.63, 3.8) is 0 Å². The minimum absolute atomic E-state index is 0.427. The molecule has 0 aromatic heterocycles. The maximum Gasteiger partial charge on any atom is 0.0798 e. The molecule has 0 radical (unpaired) electrons. The molecule has 0 amide bonds. The van der Waals surface area contributed by atoms with E-state index in [9.17, 15) is 5.11 Å². The minimum Gasteiger partial charge on any atom is -0.388 e. The van der Waals surface area contributed by atoms with Crippen LogP contribution in [0.4, 0.5) is 0 Å². The summed E-state index contributed by atoms with van der Waals surface area (Å²) in [5.41, 5.74) is -0.427. The lowest BCUT2D eigenvalue weighted by molar-refractivity contribution is -0.0228. The summed E-state index contributed by atoms with van der Waals surface area (Å²) in [6, 6.07) is 0.652. The van der Waals surface area contributed by atoms with Gasteiger partial charge in [-0.25, -0.2) is 0 Å². The molecule has 2 fully saturated rings. The Labute approximate surface area is 92.8 Å². The van der Waals surface area contributed by atoms with Gasteiger partial charge in [-0.2, -0.15) is 0 Å². The summed E-state index contributed by atoms with van der Waals surface area (Å²) in [7, 11) is 0. The summed E-state index contributed by atoms with van der Waals surface area (Å²) in [5, 5.41) is 13.8. The molecule has 2 atom stereocenters. The van der Waals surface area contributed by atoms with Gasteiger partial charge in [0.15, 0.2) is 0 Å². The smallest absolute Gasteiger partial charge is 0.0798 e. The second kappa shape index (κ2) is 4.40. The van der Waals surface area contributed by atoms with Crippen LogP contribution in [-0.2, 0) is 0 Å². The molecule has 2 N–H and O–H groups in total. The molecule has 2 unspecified atom stereocenters. The Morgan fingerprint density at radius 3 is 2.53 bits per heavy atom. The van der Waals surface area contributed by atoms with Crippen LogP contribution < -0.4 is 5.32 Å². The number of nitrogens with one attached hydrogen (secondary N) is 1. The highest BCUT2D eigenvalue weighted by Crippen LogP contribution is 2.27. The van der Waals surface area contributed by atoms with Crippen LogP contribution in [0.25, 0.3) is 0 Å². The van der Waals surface area contributed by atoms with E-state index < -0.39 is 5.60 Å². The van der Waals surface area contributed by atoms with E-state index in [0.717, 1.165) is 44.9 Å². The Kier molecular flexibility index (Phi) is 3.33. The van der Waals surface area contributed by atoms with E-state index in [1.54, 1.807) is 0 Å². The van der Waals surface area contributed by atoms with Gasteiger partial charge in [0.05, 0.1) is 5.60 Å².